The third kappa shape index (κ3) is 4.84. The van der Waals surface area contributed by atoms with Gasteiger partial charge in [0.05, 0.1) is 6.61 Å². The maximum absolute atomic E-state index is 13.0. The summed E-state index contributed by atoms with van der Waals surface area (Å²) in [7, 11) is 0. The van der Waals surface area contributed by atoms with Crippen molar-refractivity contribution in [1.29, 1.82) is 0 Å². The first-order chi connectivity index (χ1) is 10.1. The van der Waals surface area contributed by atoms with Crippen LogP contribution in [0.3, 0.4) is 0 Å². The summed E-state index contributed by atoms with van der Waals surface area (Å²) >= 11 is 0. The molecule has 0 saturated carbocycles. The maximum Gasteiger partial charge on any atom is 0.330 e. The SMILES string of the molecule is O=C(/C=C/c1ccc(F)c(F)c1)OCCc1ccccc1. The molecule has 2 rings (SSSR count). The topological polar surface area (TPSA) is 26.3 Å². The van der Waals surface area contributed by atoms with Gasteiger partial charge in [-0.05, 0) is 29.3 Å². The molecule has 0 bridgehead atoms. The molecule has 0 spiro atoms. The average molecular weight is 288 g/mol. The lowest BCUT2D eigenvalue weighted by Crippen LogP contribution is -2.04. The molecule has 2 aromatic rings. The summed E-state index contributed by atoms with van der Waals surface area (Å²) in [6.07, 6.45) is 3.20. The number of carbonyl (C=O) groups excluding carboxylic acids is 1. The molecule has 0 atom stereocenters. The number of benzene rings is 2. The van der Waals surface area contributed by atoms with Crippen LogP contribution in [0.2, 0.25) is 0 Å². The minimum atomic E-state index is -0.949. The van der Waals surface area contributed by atoms with Crippen LogP contribution in [0.25, 0.3) is 6.08 Å². The second-order valence-electron chi connectivity index (χ2n) is 4.41. The summed E-state index contributed by atoms with van der Waals surface area (Å²) in [5.74, 6) is -2.39. The van der Waals surface area contributed by atoms with Crippen LogP contribution in [-0.2, 0) is 16.0 Å². The Balaban J connectivity index is 1.81. The summed E-state index contributed by atoms with van der Waals surface area (Å²) in [6.45, 7) is 0.269. The Bertz CT molecular complexity index is 636. The Morgan fingerprint density at radius 1 is 1.05 bits per heavy atom. The number of ether oxygens (including phenoxy) is 1. The van der Waals surface area contributed by atoms with E-state index in [1.165, 1.54) is 18.2 Å². The fourth-order valence-corrected chi connectivity index (χ4v) is 1.74. The zero-order chi connectivity index (χ0) is 15.1. The molecule has 0 aliphatic heterocycles. The van der Waals surface area contributed by atoms with Crippen molar-refractivity contribution in [3.63, 3.8) is 0 Å². The lowest BCUT2D eigenvalue weighted by Gasteiger charge is -2.02. The monoisotopic (exact) mass is 288 g/mol. The Labute approximate surface area is 121 Å². The first-order valence-electron chi connectivity index (χ1n) is 6.49. The van der Waals surface area contributed by atoms with Crippen molar-refractivity contribution in [2.75, 3.05) is 6.61 Å². The number of rotatable bonds is 5. The van der Waals surface area contributed by atoms with Gasteiger partial charge in [-0.15, -0.1) is 0 Å². The van der Waals surface area contributed by atoms with Crippen molar-refractivity contribution in [3.8, 4) is 0 Å². The van der Waals surface area contributed by atoms with E-state index in [0.29, 0.717) is 12.0 Å². The van der Waals surface area contributed by atoms with Crippen LogP contribution in [0, 0.1) is 11.6 Å². The summed E-state index contributed by atoms with van der Waals surface area (Å²) in [4.78, 5) is 11.5. The molecule has 2 nitrogen and oxygen atoms in total. The van der Waals surface area contributed by atoms with Crippen molar-refractivity contribution < 1.29 is 18.3 Å². The van der Waals surface area contributed by atoms with Gasteiger partial charge in [0, 0.05) is 12.5 Å². The highest BCUT2D eigenvalue weighted by Crippen LogP contribution is 2.10. The molecule has 108 valence electrons. The summed E-state index contributed by atoms with van der Waals surface area (Å²) in [5, 5.41) is 0. The van der Waals surface area contributed by atoms with Crippen molar-refractivity contribution in [2.45, 2.75) is 6.42 Å². The maximum atomic E-state index is 13.0. The Morgan fingerprint density at radius 3 is 2.52 bits per heavy atom. The van der Waals surface area contributed by atoms with Crippen LogP contribution in [-0.4, -0.2) is 12.6 Å². The van der Waals surface area contributed by atoms with E-state index in [-0.39, 0.29) is 6.61 Å². The van der Waals surface area contributed by atoms with Gasteiger partial charge in [0.15, 0.2) is 11.6 Å². The molecule has 0 saturated heterocycles. The highest BCUT2D eigenvalue weighted by atomic mass is 19.2. The second kappa shape index (κ2) is 7.33. The molecule has 0 aliphatic rings. The normalized spacial score (nSPS) is 10.8. The standard InChI is InChI=1S/C17H14F2O2/c18-15-8-6-14(12-16(15)19)7-9-17(20)21-11-10-13-4-2-1-3-5-13/h1-9,12H,10-11H2/b9-7+. The van der Waals surface area contributed by atoms with Gasteiger partial charge in [-0.2, -0.15) is 0 Å². The predicted octanol–water partition coefficient (Wildman–Crippen LogP) is 3.76. The summed E-state index contributed by atoms with van der Waals surface area (Å²) in [5.41, 5.74) is 1.48. The predicted molar refractivity (Wildman–Crippen MR) is 76.5 cm³/mol. The molecule has 0 N–H and O–H groups in total. The minimum Gasteiger partial charge on any atom is -0.462 e. The molecular formula is C17H14F2O2. The third-order valence-corrected chi connectivity index (χ3v) is 2.83. The van der Waals surface area contributed by atoms with E-state index < -0.39 is 17.6 Å². The molecule has 0 heterocycles. The molecule has 0 aliphatic carbocycles. The van der Waals surface area contributed by atoms with Gasteiger partial charge in [0.1, 0.15) is 0 Å². The summed E-state index contributed by atoms with van der Waals surface area (Å²) < 4.78 is 30.7. The molecular weight excluding hydrogens is 274 g/mol. The summed E-state index contributed by atoms with van der Waals surface area (Å²) in [6, 6.07) is 13.1. The molecule has 0 aromatic heterocycles. The average Bonchev–Trinajstić information content (AvgIpc) is 2.49. The lowest BCUT2D eigenvalue weighted by molar-refractivity contribution is -0.137. The second-order valence-corrected chi connectivity index (χ2v) is 4.41. The molecule has 2 aromatic carbocycles. The molecule has 0 unspecified atom stereocenters. The number of carbonyl (C=O) groups is 1. The van der Waals surface area contributed by atoms with Crippen LogP contribution >= 0.6 is 0 Å². The minimum absolute atomic E-state index is 0.269. The highest BCUT2D eigenvalue weighted by molar-refractivity contribution is 5.87. The first kappa shape index (κ1) is 14.9. The number of hydrogen-bond donors (Lipinski definition) is 0. The fraction of sp³-hybridized carbons (Fsp3) is 0.118. The van der Waals surface area contributed by atoms with Crippen molar-refractivity contribution in [2.24, 2.45) is 0 Å². The van der Waals surface area contributed by atoms with Crippen LogP contribution in [0.4, 0.5) is 8.78 Å². The molecule has 0 amide bonds. The zero-order valence-electron chi connectivity index (χ0n) is 11.3. The fourth-order valence-electron chi connectivity index (χ4n) is 1.74. The number of hydrogen-bond acceptors (Lipinski definition) is 2. The Morgan fingerprint density at radius 2 is 1.81 bits per heavy atom. The van der Waals surface area contributed by atoms with E-state index in [9.17, 15) is 13.6 Å². The smallest absolute Gasteiger partial charge is 0.330 e. The van der Waals surface area contributed by atoms with E-state index >= 15 is 0 Å². The van der Waals surface area contributed by atoms with E-state index in [1.54, 1.807) is 0 Å². The van der Waals surface area contributed by atoms with Crippen LogP contribution in [0.5, 0.6) is 0 Å². The molecule has 21 heavy (non-hydrogen) atoms. The molecule has 0 fully saturated rings. The molecule has 4 heteroatoms. The van der Waals surface area contributed by atoms with Gasteiger partial charge in [-0.3, -0.25) is 0 Å². The van der Waals surface area contributed by atoms with Crippen molar-refractivity contribution in [1.82, 2.24) is 0 Å². The largest absolute Gasteiger partial charge is 0.462 e. The Kier molecular flexibility index (Phi) is 5.21. The van der Waals surface area contributed by atoms with Gasteiger partial charge in [0.25, 0.3) is 0 Å². The van der Waals surface area contributed by atoms with Gasteiger partial charge < -0.3 is 4.74 Å². The van der Waals surface area contributed by atoms with Crippen molar-refractivity contribution in [3.05, 3.63) is 77.4 Å². The lowest BCUT2D eigenvalue weighted by atomic mass is 10.2. The molecule has 0 radical (unpaired) electrons. The van der Waals surface area contributed by atoms with Crippen LogP contribution < -0.4 is 0 Å². The van der Waals surface area contributed by atoms with Gasteiger partial charge in [-0.1, -0.05) is 36.4 Å². The number of halogens is 2. The highest BCUT2D eigenvalue weighted by Gasteiger charge is 2.01. The Hall–Kier alpha value is -2.49. The van der Waals surface area contributed by atoms with Gasteiger partial charge >= 0.3 is 5.97 Å². The zero-order valence-corrected chi connectivity index (χ0v) is 11.3. The number of esters is 1. The van der Waals surface area contributed by atoms with E-state index in [1.807, 2.05) is 30.3 Å². The van der Waals surface area contributed by atoms with Crippen molar-refractivity contribution >= 4 is 12.0 Å². The van der Waals surface area contributed by atoms with E-state index in [0.717, 1.165) is 17.7 Å². The van der Waals surface area contributed by atoms with Crippen LogP contribution in [0.15, 0.2) is 54.6 Å². The third-order valence-electron chi connectivity index (χ3n) is 2.83. The quantitative estimate of drug-likeness (QED) is 0.618. The van der Waals surface area contributed by atoms with Crippen LogP contribution in [0.1, 0.15) is 11.1 Å². The van der Waals surface area contributed by atoms with Gasteiger partial charge in [0.2, 0.25) is 0 Å². The van der Waals surface area contributed by atoms with E-state index in [2.05, 4.69) is 0 Å². The van der Waals surface area contributed by atoms with E-state index in [4.69, 9.17) is 4.74 Å². The van der Waals surface area contributed by atoms with Gasteiger partial charge in [-0.25, -0.2) is 13.6 Å². The first-order valence-corrected chi connectivity index (χ1v) is 6.49.